The lowest BCUT2D eigenvalue weighted by Gasteiger charge is -2.32. The summed E-state index contributed by atoms with van der Waals surface area (Å²) in [7, 11) is 0. The maximum absolute atomic E-state index is 13.7. The molecule has 2 aromatic heterocycles. The highest BCUT2D eigenvalue weighted by Crippen LogP contribution is 2.34. The number of pyridine rings is 1. The van der Waals surface area contributed by atoms with E-state index in [2.05, 4.69) is 10.2 Å². The zero-order valence-electron chi connectivity index (χ0n) is 19.4. The number of benzene rings is 2. The first kappa shape index (κ1) is 23.5. The highest BCUT2D eigenvalue weighted by molar-refractivity contribution is 6.42. The van der Waals surface area contributed by atoms with Crippen LogP contribution in [0.15, 0.2) is 42.5 Å². The molecule has 1 N–H and O–H groups in total. The Hall–Kier alpha value is -2.94. The number of fused-ring (bicyclic) bond motifs is 2. The molecule has 1 amide bonds. The summed E-state index contributed by atoms with van der Waals surface area (Å²) in [5.74, 6) is 1.10. The van der Waals surface area contributed by atoms with Crippen molar-refractivity contribution in [3.8, 4) is 5.82 Å². The molecule has 4 heterocycles. The fourth-order valence-electron chi connectivity index (χ4n) is 5.02. The number of carbonyl (C=O) groups excluding carboxylic acids is 1. The molecule has 0 saturated carbocycles. The van der Waals surface area contributed by atoms with Crippen LogP contribution in [0.4, 0.5) is 10.3 Å². The van der Waals surface area contributed by atoms with Gasteiger partial charge in [0.05, 0.1) is 39.2 Å². The third kappa shape index (κ3) is 4.38. The first-order valence-electron chi connectivity index (χ1n) is 12.0. The first-order chi connectivity index (χ1) is 17.5. The summed E-state index contributed by atoms with van der Waals surface area (Å²) in [6, 6.07) is 11.9. The molecule has 10 heteroatoms. The lowest BCUT2D eigenvalue weighted by atomic mass is 9.95. The Labute approximate surface area is 217 Å². The van der Waals surface area contributed by atoms with Gasteiger partial charge in [0.2, 0.25) is 11.9 Å². The average Bonchev–Trinajstić information content (AvgIpc) is 3.52. The van der Waals surface area contributed by atoms with Gasteiger partial charge >= 0.3 is 0 Å². The summed E-state index contributed by atoms with van der Waals surface area (Å²) in [5, 5.41) is 4.69. The van der Waals surface area contributed by atoms with Crippen molar-refractivity contribution in [1.29, 1.82) is 0 Å². The van der Waals surface area contributed by atoms with E-state index < -0.39 is 0 Å². The molecular weight excluding hydrogens is 504 g/mol. The number of hydrogen-bond acceptors (Lipinski definition) is 5. The number of aromatic nitrogens is 3. The summed E-state index contributed by atoms with van der Waals surface area (Å²) >= 11 is 12.7. The third-order valence-electron chi connectivity index (χ3n) is 6.97. The van der Waals surface area contributed by atoms with Crippen LogP contribution in [0.3, 0.4) is 0 Å². The molecule has 7 nitrogen and oxygen atoms in total. The molecule has 0 bridgehead atoms. The zero-order chi connectivity index (χ0) is 24.8. The van der Waals surface area contributed by atoms with Crippen LogP contribution in [0, 0.1) is 11.7 Å². The molecule has 4 aromatic rings. The minimum atomic E-state index is -0.306. The maximum atomic E-state index is 13.7. The van der Waals surface area contributed by atoms with Gasteiger partial charge in [-0.3, -0.25) is 9.36 Å². The molecular formula is C26H24Cl2FN5O2. The molecule has 0 unspecified atom stereocenters. The van der Waals surface area contributed by atoms with Crippen molar-refractivity contribution in [3.63, 3.8) is 0 Å². The van der Waals surface area contributed by atoms with Crippen molar-refractivity contribution in [2.45, 2.75) is 25.3 Å². The number of imidazole rings is 1. The minimum Gasteiger partial charge on any atom is -0.379 e. The number of anilines is 1. The number of hydrogen-bond donors (Lipinski definition) is 1. The van der Waals surface area contributed by atoms with Gasteiger partial charge in [-0.1, -0.05) is 23.2 Å². The summed E-state index contributed by atoms with van der Waals surface area (Å²) in [6.07, 6.45) is 2.30. The molecule has 2 aromatic carbocycles. The summed E-state index contributed by atoms with van der Waals surface area (Å²) in [4.78, 5) is 24.6. The Balaban J connectivity index is 1.33. The summed E-state index contributed by atoms with van der Waals surface area (Å²) in [5.41, 5.74) is 2.14. The van der Waals surface area contributed by atoms with E-state index in [-0.39, 0.29) is 23.7 Å². The van der Waals surface area contributed by atoms with E-state index in [1.807, 2.05) is 16.7 Å². The standard InChI is InChI=1S/C26H24Cl2FN5O2/c27-19-12-22-23(13-20(19)28)34(24-4-1-16-11-17(29)2-3-21(16)31-24)26(32-22)33-8-5-15(6-9-33)25(35)30-18-7-10-36-14-18/h1-4,11-13,15,18H,5-10,14H2,(H,30,35)/t18-/m1/s1. The summed E-state index contributed by atoms with van der Waals surface area (Å²) in [6.45, 7) is 2.63. The van der Waals surface area contributed by atoms with Crippen LogP contribution in [0.5, 0.6) is 0 Å². The average molecular weight is 528 g/mol. The lowest BCUT2D eigenvalue weighted by molar-refractivity contribution is -0.126. The topological polar surface area (TPSA) is 72.3 Å². The Morgan fingerprint density at radius 2 is 1.81 bits per heavy atom. The van der Waals surface area contributed by atoms with Crippen LogP contribution < -0.4 is 10.2 Å². The highest BCUT2D eigenvalue weighted by atomic mass is 35.5. The van der Waals surface area contributed by atoms with Crippen molar-refractivity contribution in [2.24, 2.45) is 5.92 Å². The number of ether oxygens (including phenoxy) is 1. The van der Waals surface area contributed by atoms with Gasteiger partial charge in [-0.05, 0) is 61.7 Å². The van der Waals surface area contributed by atoms with E-state index in [0.29, 0.717) is 77.4 Å². The molecule has 2 saturated heterocycles. The fourth-order valence-corrected chi connectivity index (χ4v) is 5.33. The number of nitrogens with one attached hydrogen (secondary N) is 1. The van der Waals surface area contributed by atoms with Gasteiger partial charge in [-0.2, -0.15) is 0 Å². The molecule has 0 spiro atoms. The van der Waals surface area contributed by atoms with Gasteiger partial charge in [-0.25, -0.2) is 14.4 Å². The van der Waals surface area contributed by atoms with Gasteiger partial charge in [-0.15, -0.1) is 0 Å². The number of nitrogens with zero attached hydrogens (tertiary/aromatic N) is 4. The minimum absolute atomic E-state index is 0.0442. The number of carbonyl (C=O) groups is 1. The van der Waals surface area contributed by atoms with Crippen molar-refractivity contribution < 1.29 is 13.9 Å². The molecule has 36 heavy (non-hydrogen) atoms. The van der Waals surface area contributed by atoms with Gasteiger partial charge in [0.15, 0.2) is 0 Å². The number of amides is 1. The van der Waals surface area contributed by atoms with E-state index >= 15 is 0 Å². The fraction of sp³-hybridized carbons (Fsp3) is 0.346. The number of piperidine rings is 1. The second-order valence-electron chi connectivity index (χ2n) is 9.34. The molecule has 0 aliphatic carbocycles. The van der Waals surface area contributed by atoms with Gasteiger partial charge in [0.1, 0.15) is 11.6 Å². The van der Waals surface area contributed by atoms with Crippen molar-refractivity contribution in [3.05, 3.63) is 58.3 Å². The van der Waals surface area contributed by atoms with Crippen molar-refractivity contribution >= 4 is 57.0 Å². The molecule has 2 aliphatic heterocycles. The van der Waals surface area contributed by atoms with E-state index in [4.69, 9.17) is 37.9 Å². The molecule has 186 valence electrons. The third-order valence-corrected chi connectivity index (χ3v) is 7.69. The second kappa shape index (κ2) is 9.50. The Bertz CT molecular complexity index is 1460. The van der Waals surface area contributed by atoms with E-state index in [9.17, 15) is 9.18 Å². The van der Waals surface area contributed by atoms with Gasteiger partial charge < -0.3 is 15.0 Å². The van der Waals surface area contributed by atoms with Crippen molar-refractivity contribution in [1.82, 2.24) is 19.9 Å². The molecule has 0 radical (unpaired) electrons. The summed E-state index contributed by atoms with van der Waals surface area (Å²) < 4.78 is 21.0. The van der Waals surface area contributed by atoms with Crippen LogP contribution in [0.1, 0.15) is 19.3 Å². The predicted molar refractivity (Wildman–Crippen MR) is 139 cm³/mol. The SMILES string of the molecule is O=C(N[C@@H]1CCOC1)C1CCN(c2nc3cc(Cl)c(Cl)cc3n2-c2ccc3cc(F)ccc3n2)CC1. The molecule has 2 fully saturated rings. The van der Waals surface area contributed by atoms with Crippen LogP contribution in [0.2, 0.25) is 10.0 Å². The van der Waals surface area contributed by atoms with Crippen LogP contribution in [-0.2, 0) is 9.53 Å². The Morgan fingerprint density at radius 3 is 2.58 bits per heavy atom. The second-order valence-corrected chi connectivity index (χ2v) is 10.2. The number of rotatable bonds is 4. The zero-order valence-corrected chi connectivity index (χ0v) is 20.9. The van der Waals surface area contributed by atoms with E-state index in [0.717, 1.165) is 11.9 Å². The predicted octanol–water partition coefficient (Wildman–Crippen LogP) is 5.14. The quantitative estimate of drug-likeness (QED) is 0.397. The molecule has 6 rings (SSSR count). The molecule has 1 atom stereocenters. The lowest BCUT2D eigenvalue weighted by Crippen LogP contribution is -2.44. The van der Waals surface area contributed by atoms with E-state index in [1.165, 1.54) is 12.1 Å². The number of halogens is 3. The van der Waals surface area contributed by atoms with E-state index in [1.54, 1.807) is 18.2 Å². The Kier molecular flexibility index (Phi) is 6.19. The molecule has 2 aliphatic rings. The highest BCUT2D eigenvalue weighted by Gasteiger charge is 2.30. The van der Waals surface area contributed by atoms with Crippen LogP contribution in [0.25, 0.3) is 27.8 Å². The van der Waals surface area contributed by atoms with Crippen LogP contribution in [-0.4, -0.2) is 52.8 Å². The van der Waals surface area contributed by atoms with Gasteiger partial charge in [0.25, 0.3) is 0 Å². The largest absolute Gasteiger partial charge is 0.379 e. The Morgan fingerprint density at radius 1 is 1.00 bits per heavy atom. The monoisotopic (exact) mass is 527 g/mol. The smallest absolute Gasteiger partial charge is 0.223 e. The van der Waals surface area contributed by atoms with Crippen molar-refractivity contribution in [2.75, 3.05) is 31.2 Å². The first-order valence-corrected chi connectivity index (χ1v) is 12.8. The maximum Gasteiger partial charge on any atom is 0.223 e. The normalized spacial score (nSPS) is 18.9. The van der Waals surface area contributed by atoms with Crippen LogP contribution >= 0.6 is 23.2 Å². The van der Waals surface area contributed by atoms with Gasteiger partial charge in [0, 0.05) is 31.0 Å².